The zero-order chi connectivity index (χ0) is 20.1. The summed E-state index contributed by atoms with van der Waals surface area (Å²) in [4.78, 5) is 28.2. The molecule has 1 aromatic heterocycles. The number of likely N-dealkylation sites (N-methyl/N-ethyl adjacent to an activating group) is 1. The van der Waals surface area contributed by atoms with Crippen LogP contribution in [0, 0.1) is 13.8 Å². The second-order valence-corrected chi connectivity index (χ2v) is 6.86. The molecule has 1 saturated heterocycles. The lowest BCUT2D eigenvalue weighted by molar-refractivity contribution is -0.122. The van der Waals surface area contributed by atoms with Crippen molar-refractivity contribution in [1.29, 1.82) is 0 Å². The van der Waals surface area contributed by atoms with Crippen molar-refractivity contribution in [3.63, 3.8) is 0 Å². The molecule has 1 aliphatic rings. The molecule has 0 radical (unpaired) electrons. The van der Waals surface area contributed by atoms with Gasteiger partial charge in [-0.05, 0) is 32.0 Å². The van der Waals surface area contributed by atoms with Gasteiger partial charge in [0.1, 0.15) is 18.1 Å². The van der Waals surface area contributed by atoms with Crippen molar-refractivity contribution in [2.24, 2.45) is 0 Å². The van der Waals surface area contributed by atoms with Crippen molar-refractivity contribution in [2.75, 3.05) is 39.8 Å². The number of nitrogens with zero attached hydrogens (tertiary/aromatic N) is 3. The van der Waals surface area contributed by atoms with Gasteiger partial charge in [-0.2, -0.15) is 0 Å². The first-order chi connectivity index (χ1) is 13.5. The van der Waals surface area contributed by atoms with Gasteiger partial charge in [-0.1, -0.05) is 11.2 Å². The van der Waals surface area contributed by atoms with Gasteiger partial charge in [-0.15, -0.1) is 0 Å². The predicted molar refractivity (Wildman–Crippen MR) is 103 cm³/mol. The number of rotatable bonds is 6. The van der Waals surface area contributed by atoms with Crippen LogP contribution in [0.15, 0.2) is 28.8 Å². The fraction of sp³-hybridized carbons (Fsp3) is 0.450. The van der Waals surface area contributed by atoms with E-state index in [0.717, 1.165) is 17.0 Å². The van der Waals surface area contributed by atoms with E-state index < -0.39 is 0 Å². The van der Waals surface area contributed by atoms with E-state index in [2.05, 4.69) is 10.5 Å². The van der Waals surface area contributed by atoms with E-state index >= 15 is 0 Å². The highest BCUT2D eigenvalue weighted by atomic mass is 16.5. The van der Waals surface area contributed by atoms with E-state index in [9.17, 15) is 9.59 Å². The van der Waals surface area contributed by atoms with Crippen molar-refractivity contribution in [3.05, 3.63) is 46.8 Å². The average Bonchev–Trinajstić information content (AvgIpc) is 3.04. The summed E-state index contributed by atoms with van der Waals surface area (Å²) in [5.41, 5.74) is 2.32. The molecule has 3 rings (SSSR count). The van der Waals surface area contributed by atoms with E-state index in [1.54, 1.807) is 19.2 Å². The highest BCUT2D eigenvalue weighted by Gasteiger charge is 2.23. The number of carbonyl (C=O) groups is 2. The number of aromatic nitrogens is 1. The highest BCUT2D eigenvalue weighted by Crippen LogP contribution is 2.19. The first-order valence-electron chi connectivity index (χ1n) is 9.34. The quantitative estimate of drug-likeness (QED) is 0.807. The van der Waals surface area contributed by atoms with Gasteiger partial charge >= 0.3 is 0 Å². The van der Waals surface area contributed by atoms with Gasteiger partial charge < -0.3 is 19.5 Å². The molecule has 2 heterocycles. The van der Waals surface area contributed by atoms with Crippen molar-refractivity contribution < 1.29 is 18.8 Å². The van der Waals surface area contributed by atoms with E-state index in [1.807, 2.05) is 35.8 Å². The molecule has 2 aromatic rings. The molecule has 1 N–H and O–H groups in total. The largest absolute Gasteiger partial charge is 0.489 e. The second-order valence-electron chi connectivity index (χ2n) is 6.86. The standard InChI is InChI=1S/C20H26N4O4/c1-14-18(15(2)28-22-14)13-27-17-6-4-5-16(11-17)20(26)24-9-7-23(8-10-24)12-19(25)21-3/h4-6,11H,7-10,12-13H2,1-3H3,(H,21,25). The number of piperazine rings is 1. The molecule has 150 valence electrons. The Kier molecular flexibility index (Phi) is 6.30. The minimum Gasteiger partial charge on any atom is -0.489 e. The average molecular weight is 386 g/mol. The number of ether oxygens (including phenoxy) is 1. The van der Waals surface area contributed by atoms with Crippen LogP contribution in [0.25, 0.3) is 0 Å². The first-order valence-corrected chi connectivity index (χ1v) is 9.34. The van der Waals surface area contributed by atoms with Crippen molar-refractivity contribution >= 4 is 11.8 Å². The lowest BCUT2D eigenvalue weighted by atomic mass is 10.1. The fourth-order valence-electron chi connectivity index (χ4n) is 3.16. The summed E-state index contributed by atoms with van der Waals surface area (Å²) in [6, 6.07) is 7.20. The molecular formula is C20H26N4O4. The Bertz CT molecular complexity index is 821. The maximum atomic E-state index is 12.8. The van der Waals surface area contributed by atoms with Gasteiger partial charge in [0.05, 0.1) is 17.8 Å². The van der Waals surface area contributed by atoms with Gasteiger partial charge in [0.25, 0.3) is 5.91 Å². The smallest absolute Gasteiger partial charge is 0.254 e. The summed E-state index contributed by atoms with van der Waals surface area (Å²) in [5.74, 6) is 1.33. The predicted octanol–water partition coefficient (Wildman–Crippen LogP) is 1.37. The van der Waals surface area contributed by atoms with Crippen LogP contribution in [0.1, 0.15) is 27.4 Å². The Balaban J connectivity index is 1.58. The molecule has 1 fully saturated rings. The number of benzene rings is 1. The Morgan fingerprint density at radius 3 is 2.61 bits per heavy atom. The number of carbonyl (C=O) groups excluding carboxylic acids is 2. The Morgan fingerprint density at radius 1 is 1.21 bits per heavy atom. The summed E-state index contributed by atoms with van der Waals surface area (Å²) >= 11 is 0. The third-order valence-electron chi connectivity index (χ3n) is 4.95. The van der Waals surface area contributed by atoms with Crippen LogP contribution in [0.5, 0.6) is 5.75 Å². The van der Waals surface area contributed by atoms with Crippen LogP contribution in [0.2, 0.25) is 0 Å². The second kappa shape index (κ2) is 8.88. The molecule has 8 nitrogen and oxygen atoms in total. The molecule has 0 spiro atoms. The van der Waals surface area contributed by atoms with Crippen molar-refractivity contribution in [3.8, 4) is 5.75 Å². The topological polar surface area (TPSA) is 87.9 Å². The van der Waals surface area contributed by atoms with E-state index in [4.69, 9.17) is 9.26 Å². The lowest BCUT2D eigenvalue weighted by Gasteiger charge is -2.34. The maximum Gasteiger partial charge on any atom is 0.254 e. The summed E-state index contributed by atoms with van der Waals surface area (Å²) in [5, 5.41) is 6.54. The SMILES string of the molecule is CNC(=O)CN1CCN(C(=O)c2cccc(OCc3c(C)noc3C)c2)CC1. The van der Waals surface area contributed by atoms with E-state index in [0.29, 0.717) is 50.6 Å². The molecule has 0 atom stereocenters. The third kappa shape index (κ3) is 4.69. The highest BCUT2D eigenvalue weighted by molar-refractivity contribution is 5.94. The minimum atomic E-state index is -0.0256. The molecule has 0 unspecified atom stereocenters. The molecule has 0 bridgehead atoms. The molecule has 1 aliphatic heterocycles. The molecule has 28 heavy (non-hydrogen) atoms. The maximum absolute atomic E-state index is 12.8. The summed E-state index contributed by atoms with van der Waals surface area (Å²) in [7, 11) is 1.63. The molecule has 2 amide bonds. The van der Waals surface area contributed by atoms with Crippen LogP contribution >= 0.6 is 0 Å². The minimum absolute atomic E-state index is 0.0112. The molecule has 1 aromatic carbocycles. The molecule has 0 aliphatic carbocycles. The van der Waals surface area contributed by atoms with Crippen LogP contribution in [-0.4, -0.2) is 66.5 Å². The Hall–Kier alpha value is -2.87. The number of hydrogen-bond acceptors (Lipinski definition) is 6. The first kappa shape index (κ1) is 19.9. The summed E-state index contributed by atoms with van der Waals surface area (Å²) in [6.45, 7) is 6.99. The van der Waals surface area contributed by atoms with Crippen LogP contribution in [0.4, 0.5) is 0 Å². The van der Waals surface area contributed by atoms with Gasteiger partial charge in [-0.3, -0.25) is 14.5 Å². The van der Waals surface area contributed by atoms with Crippen LogP contribution in [-0.2, 0) is 11.4 Å². The van der Waals surface area contributed by atoms with Crippen molar-refractivity contribution in [2.45, 2.75) is 20.5 Å². The third-order valence-corrected chi connectivity index (χ3v) is 4.95. The zero-order valence-corrected chi connectivity index (χ0v) is 16.5. The van der Waals surface area contributed by atoms with Crippen molar-refractivity contribution in [1.82, 2.24) is 20.3 Å². The number of hydrogen-bond donors (Lipinski definition) is 1. The molecule has 8 heteroatoms. The zero-order valence-electron chi connectivity index (χ0n) is 16.5. The van der Waals surface area contributed by atoms with Crippen LogP contribution in [0.3, 0.4) is 0 Å². The summed E-state index contributed by atoms with van der Waals surface area (Å²) in [6.07, 6.45) is 0. The van der Waals surface area contributed by atoms with Gasteiger partial charge in [0.2, 0.25) is 5.91 Å². The van der Waals surface area contributed by atoms with Crippen LogP contribution < -0.4 is 10.1 Å². The van der Waals surface area contributed by atoms with Gasteiger partial charge in [-0.25, -0.2) is 0 Å². The molecule has 0 saturated carbocycles. The monoisotopic (exact) mass is 386 g/mol. The number of amides is 2. The molecular weight excluding hydrogens is 360 g/mol. The summed E-state index contributed by atoms with van der Waals surface area (Å²) < 4.78 is 11.0. The Labute approximate surface area is 164 Å². The number of aryl methyl sites for hydroxylation is 2. The number of nitrogens with one attached hydrogen (secondary N) is 1. The lowest BCUT2D eigenvalue weighted by Crippen LogP contribution is -2.50. The fourth-order valence-corrected chi connectivity index (χ4v) is 3.16. The normalized spacial score (nSPS) is 14.8. The Morgan fingerprint density at radius 2 is 1.96 bits per heavy atom. The van der Waals surface area contributed by atoms with E-state index in [-0.39, 0.29) is 11.8 Å². The van der Waals surface area contributed by atoms with Gasteiger partial charge in [0, 0.05) is 38.8 Å². The van der Waals surface area contributed by atoms with Gasteiger partial charge in [0.15, 0.2) is 0 Å². The van der Waals surface area contributed by atoms with E-state index in [1.165, 1.54) is 0 Å².